The summed E-state index contributed by atoms with van der Waals surface area (Å²) in [6.07, 6.45) is 7.79. The van der Waals surface area contributed by atoms with Crippen LogP contribution in [-0.4, -0.2) is 56.4 Å². The van der Waals surface area contributed by atoms with Crippen molar-refractivity contribution in [3.05, 3.63) is 81.8 Å². The SMILES string of the molecule is COC1(c2csc(Sc3ccc(CC(=O)Cc4ccc(Sc5cc(C6(OC)CCOCC6)cs5)nc4)cn3)c2)CCOCC1. The van der Waals surface area contributed by atoms with E-state index in [0.717, 1.165) is 73.3 Å². The summed E-state index contributed by atoms with van der Waals surface area (Å²) in [6, 6.07) is 12.4. The fourth-order valence-electron chi connectivity index (χ4n) is 5.72. The first-order valence-corrected chi connectivity index (χ1v) is 18.1. The minimum absolute atomic E-state index is 0.142. The highest BCUT2D eigenvalue weighted by atomic mass is 32.2. The molecule has 0 atom stereocenters. The molecule has 6 heterocycles. The molecule has 4 aromatic rings. The first-order chi connectivity index (χ1) is 21.5. The average Bonchev–Trinajstić information content (AvgIpc) is 3.74. The topological polar surface area (TPSA) is 79.8 Å². The highest BCUT2D eigenvalue weighted by Crippen LogP contribution is 2.42. The lowest BCUT2D eigenvalue weighted by Crippen LogP contribution is -2.35. The van der Waals surface area contributed by atoms with Gasteiger partial charge in [0.05, 0.1) is 19.6 Å². The van der Waals surface area contributed by atoms with E-state index in [9.17, 15) is 4.79 Å². The van der Waals surface area contributed by atoms with Gasteiger partial charge in [0.1, 0.15) is 15.8 Å². The van der Waals surface area contributed by atoms with Gasteiger partial charge in [-0.1, -0.05) is 35.7 Å². The van der Waals surface area contributed by atoms with Crippen LogP contribution in [0.15, 0.2) is 78.0 Å². The molecule has 2 fully saturated rings. The maximum atomic E-state index is 12.9. The normalized spacial score (nSPS) is 17.9. The Balaban J connectivity index is 0.992. The van der Waals surface area contributed by atoms with Gasteiger partial charge in [-0.05, 0) is 57.3 Å². The summed E-state index contributed by atoms with van der Waals surface area (Å²) in [6.45, 7) is 2.88. The third-order valence-corrected chi connectivity index (χ3v) is 12.5. The number of methoxy groups -OCH3 is 2. The van der Waals surface area contributed by atoms with Crippen molar-refractivity contribution in [1.29, 1.82) is 0 Å². The monoisotopic (exact) mass is 668 g/mol. The third kappa shape index (κ3) is 7.47. The van der Waals surface area contributed by atoms with Crippen molar-refractivity contribution in [2.24, 2.45) is 0 Å². The molecule has 232 valence electrons. The summed E-state index contributed by atoms with van der Waals surface area (Å²) in [5, 5.41) is 6.20. The number of aromatic nitrogens is 2. The van der Waals surface area contributed by atoms with Crippen molar-refractivity contribution in [3.63, 3.8) is 0 Å². The summed E-state index contributed by atoms with van der Waals surface area (Å²) in [5.74, 6) is 0.142. The Kier molecular flexibility index (Phi) is 10.5. The number of carbonyl (C=O) groups is 1. The summed E-state index contributed by atoms with van der Waals surface area (Å²) in [4.78, 5) is 22.1. The molecular formula is C33H36N2O5S4. The van der Waals surface area contributed by atoms with Gasteiger partial charge < -0.3 is 18.9 Å². The number of ketones is 1. The predicted molar refractivity (Wildman–Crippen MR) is 175 cm³/mol. The second kappa shape index (κ2) is 14.6. The zero-order chi connectivity index (χ0) is 30.4. The summed E-state index contributed by atoms with van der Waals surface area (Å²) < 4.78 is 25.3. The predicted octanol–water partition coefficient (Wildman–Crippen LogP) is 7.56. The Morgan fingerprint density at radius 2 is 1.18 bits per heavy atom. The molecule has 11 heteroatoms. The van der Waals surface area contributed by atoms with Gasteiger partial charge in [-0.2, -0.15) is 0 Å². The molecule has 4 aromatic heterocycles. The molecule has 0 radical (unpaired) electrons. The van der Waals surface area contributed by atoms with E-state index in [1.807, 2.05) is 36.7 Å². The Morgan fingerprint density at radius 1 is 0.750 bits per heavy atom. The Bertz CT molecular complexity index is 1410. The van der Waals surface area contributed by atoms with Gasteiger partial charge in [-0.3, -0.25) is 4.79 Å². The van der Waals surface area contributed by atoms with Crippen LogP contribution in [0.3, 0.4) is 0 Å². The molecule has 0 aliphatic carbocycles. The quantitative estimate of drug-likeness (QED) is 0.152. The van der Waals surface area contributed by atoms with Crippen LogP contribution in [0.5, 0.6) is 0 Å². The molecule has 0 saturated carbocycles. The fourth-order valence-corrected chi connectivity index (χ4v) is 9.61. The van der Waals surface area contributed by atoms with E-state index in [2.05, 4.69) is 32.9 Å². The summed E-state index contributed by atoms with van der Waals surface area (Å²) >= 11 is 6.69. The number of hydrogen-bond donors (Lipinski definition) is 0. The second-order valence-corrected chi connectivity index (χ2v) is 15.5. The van der Waals surface area contributed by atoms with Crippen LogP contribution in [0.25, 0.3) is 0 Å². The van der Waals surface area contributed by atoms with Crippen LogP contribution in [0.1, 0.15) is 47.9 Å². The maximum Gasteiger partial charge on any atom is 0.141 e. The molecule has 7 nitrogen and oxygen atoms in total. The molecular weight excluding hydrogens is 633 g/mol. The summed E-state index contributed by atoms with van der Waals surface area (Å²) in [5.41, 5.74) is 3.74. The molecule has 0 amide bonds. The number of pyridine rings is 2. The number of nitrogens with zero attached hydrogens (tertiary/aromatic N) is 2. The van der Waals surface area contributed by atoms with Crippen molar-refractivity contribution in [3.8, 4) is 0 Å². The molecule has 0 aromatic carbocycles. The first-order valence-electron chi connectivity index (χ1n) is 14.7. The first kappa shape index (κ1) is 31.9. The van der Waals surface area contributed by atoms with E-state index in [-0.39, 0.29) is 17.0 Å². The molecule has 6 rings (SSSR count). The molecule has 0 N–H and O–H groups in total. The van der Waals surface area contributed by atoms with Gasteiger partial charge in [-0.25, -0.2) is 9.97 Å². The molecule has 2 aliphatic heterocycles. The average molecular weight is 669 g/mol. The highest BCUT2D eigenvalue weighted by Gasteiger charge is 2.36. The van der Waals surface area contributed by atoms with Crippen LogP contribution in [-0.2, 0) is 47.8 Å². The van der Waals surface area contributed by atoms with E-state index in [1.165, 1.54) is 19.5 Å². The third-order valence-electron chi connectivity index (χ3n) is 8.39. The Labute approximate surface area is 275 Å². The van der Waals surface area contributed by atoms with Crippen LogP contribution in [0, 0.1) is 0 Å². The van der Waals surface area contributed by atoms with Gasteiger partial charge in [0.25, 0.3) is 0 Å². The van der Waals surface area contributed by atoms with E-state index in [4.69, 9.17) is 18.9 Å². The van der Waals surface area contributed by atoms with Crippen molar-refractivity contribution in [2.75, 3.05) is 40.6 Å². The smallest absolute Gasteiger partial charge is 0.141 e. The van der Waals surface area contributed by atoms with Crippen LogP contribution >= 0.6 is 46.2 Å². The number of ether oxygens (including phenoxy) is 4. The minimum Gasteiger partial charge on any atom is -0.381 e. The van der Waals surface area contributed by atoms with E-state index < -0.39 is 0 Å². The van der Waals surface area contributed by atoms with E-state index in [1.54, 1.807) is 60.4 Å². The number of Topliss-reactive ketones (excluding diaryl/α,β-unsaturated/α-hetero) is 1. The van der Waals surface area contributed by atoms with Crippen molar-refractivity contribution >= 4 is 52.0 Å². The second-order valence-electron chi connectivity index (χ2n) is 11.0. The fraction of sp³-hybridized carbons (Fsp3) is 0.424. The molecule has 44 heavy (non-hydrogen) atoms. The van der Waals surface area contributed by atoms with E-state index in [0.29, 0.717) is 12.8 Å². The number of hydrogen-bond acceptors (Lipinski definition) is 11. The van der Waals surface area contributed by atoms with Gasteiger partial charge in [-0.15, -0.1) is 22.7 Å². The van der Waals surface area contributed by atoms with Crippen molar-refractivity contribution in [2.45, 2.75) is 68.2 Å². The van der Waals surface area contributed by atoms with Crippen LogP contribution < -0.4 is 0 Å². The summed E-state index contributed by atoms with van der Waals surface area (Å²) in [7, 11) is 3.57. The lowest BCUT2D eigenvalue weighted by Gasteiger charge is -2.35. The molecule has 2 aliphatic rings. The molecule has 0 unspecified atom stereocenters. The zero-order valence-corrected chi connectivity index (χ0v) is 28.2. The highest BCUT2D eigenvalue weighted by molar-refractivity contribution is 8.01. The largest absolute Gasteiger partial charge is 0.381 e. The van der Waals surface area contributed by atoms with Crippen molar-refractivity contribution < 1.29 is 23.7 Å². The van der Waals surface area contributed by atoms with E-state index >= 15 is 0 Å². The maximum absolute atomic E-state index is 12.9. The lowest BCUT2D eigenvalue weighted by molar-refractivity contribution is -0.117. The van der Waals surface area contributed by atoms with Crippen LogP contribution in [0.2, 0.25) is 0 Å². The number of thiophene rings is 2. The lowest BCUT2D eigenvalue weighted by atomic mass is 9.88. The Hall–Kier alpha value is -2.09. The van der Waals surface area contributed by atoms with Gasteiger partial charge in [0.2, 0.25) is 0 Å². The molecule has 0 bridgehead atoms. The Morgan fingerprint density at radius 3 is 1.55 bits per heavy atom. The van der Waals surface area contributed by atoms with Gasteiger partial charge in [0.15, 0.2) is 0 Å². The van der Waals surface area contributed by atoms with Crippen molar-refractivity contribution in [1.82, 2.24) is 9.97 Å². The molecule has 0 spiro atoms. The van der Waals surface area contributed by atoms with Gasteiger partial charge in [0, 0.05) is 91.6 Å². The van der Waals surface area contributed by atoms with Gasteiger partial charge >= 0.3 is 0 Å². The van der Waals surface area contributed by atoms with Crippen LogP contribution in [0.4, 0.5) is 0 Å². The zero-order valence-electron chi connectivity index (χ0n) is 24.9. The standard InChI is InChI=1S/C33H36N2O5S4/c1-37-32(7-11-39-12-8-32)25-17-30(41-21-25)43-28-5-3-23(19-34-28)15-27(36)16-24-4-6-29(35-20-24)44-31-18-26(22-42-31)33(38-2)9-13-40-14-10-33/h3-6,17-22H,7-16H2,1-2H3. The molecule has 2 saturated heterocycles. The number of carbonyl (C=O) groups excluding carboxylic acids is 1. The number of rotatable bonds is 12. The minimum atomic E-state index is -0.257.